The molecule has 0 unspecified atom stereocenters. The first-order valence-corrected chi connectivity index (χ1v) is 4.16. The highest BCUT2D eigenvalue weighted by molar-refractivity contribution is 6.25. The van der Waals surface area contributed by atoms with Gasteiger partial charge in [-0.25, -0.2) is 0 Å². The quantitative estimate of drug-likeness (QED) is 0.717. The number of carboxylic acids is 1. The summed E-state index contributed by atoms with van der Waals surface area (Å²) in [6.07, 6.45) is 0.173. The van der Waals surface area contributed by atoms with Crippen LogP contribution in [0.15, 0.2) is 11.1 Å². The van der Waals surface area contributed by atoms with E-state index in [0.29, 0.717) is 6.54 Å². The third kappa shape index (κ3) is 6.19. The van der Waals surface area contributed by atoms with Crippen molar-refractivity contribution in [3.63, 3.8) is 0 Å². The van der Waals surface area contributed by atoms with E-state index in [0.717, 1.165) is 12.1 Å². The second-order valence-corrected chi connectivity index (χ2v) is 3.06. The van der Waals surface area contributed by atoms with E-state index in [1.54, 1.807) is 0 Å². The topological polar surface area (TPSA) is 40.5 Å². The second kappa shape index (κ2) is 6.03. The Morgan fingerprint density at radius 1 is 1.67 bits per heavy atom. The Bertz CT molecular complexity index is 180. The fraction of sp³-hybridized carbons (Fsp3) is 0.625. The molecule has 0 heterocycles. The summed E-state index contributed by atoms with van der Waals surface area (Å²) in [4.78, 5) is 12.1. The van der Waals surface area contributed by atoms with Crippen molar-refractivity contribution in [2.24, 2.45) is 0 Å². The number of hydrogen-bond acceptors (Lipinski definition) is 2. The molecule has 0 aliphatic heterocycles. The van der Waals surface area contributed by atoms with Crippen molar-refractivity contribution in [1.29, 1.82) is 0 Å². The Labute approximate surface area is 77.6 Å². The molecular formula is C8H14ClNO2. The van der Waals surface area contributed by atoms with Gasteiger partial charge in [0.2, 0.25) is 0 Å². The molecule has 0 aromatic rings. The maximum Gasteiger partial charge on any atom is 0.304 e. The van der Waals surface area contributed by atoms with Gasteiger partial charge in [-0.3, -0.25) is 4.79 Å². The molecule has 0 saturated carbocycles. The Balaban J connectivity index is 3.59. The average Bonchev–Trinajstić information content (AvgIpc) is 2.00. The lowest BCUT2D eigenvalue weighted by atomic mass is 10.3. The van der Waals surface area contributed by atoms with E-state index in [2.05, 4.69) is 0 Å². The van der Waals surface area contributed by atoms with Crippen LogP contribution in [0.1, 0.15) is 13.3 Å². The molecule has 1 N–H and O–H groups in total. The molecule has 0 aliphatic rings. The van der Waals surface area contributed by atoms with Crippen LogP contribution in [0.2, 0.25) is 0 Å². The Kier molecular flexibility index (Phi) is 5.76. The van der Waals surface area contributed by atoms with Crippen molar-refractivity contribution in [2.45, 2.75) is 13.3 Å². The van der Waals surface area contributed by atoms with E-state index < -0.39 is 5.97 Å². The fourth-order valence-corrected chi connectivity index (χ4v) is 0.895. The number of nitrogens with zero attached hydrogens (tertiary/aromatic N) is 1. The minimum Gasteiger partial charge on any atom is -0.481 e. The molecule has 0 aromatic carbocycles. The van der Waals surface area contributed by atoms with Gasteiger partial charge in [-0.05, 0) is 19.5 Å². The average molecular weight is 192 g/mol. The van der Waals surface area contributed by atoms with Gasteiger partial charge in [0.1, 0.15) is 0 Å². The van der Waals surface area contributed by atoms with Crippen molar-refractivity contribution in [2.75, 3.05) is 20.1 Å². The highest BCUT2D eigenvalue weighted by Crippen LogP contribution is 1.98. The van der Waals surface area contributed by atoms with Crippen molar-refractivity contribution in [3.8, 4) is 0 Å². The minimum absolute atomic E-state index is 0.173. The molecule has 3 nitrogen and oxygen atoms in total. The van der Waals surface area contributed by atoms with Crippen LogP contribution in [0.4, 0.5) is 0 Å². The lowest BCUT2D eigenvalue weighted by Crippen LogP contribution is -2.23. The molecule has 0 aliphatic carbocycles. The van der Waals surface area contributed by atoms with E-state index in [-0.39, 0.29) is 6.42 Å². The molecule has 4 heteroatoms. The summed E-state index contributed by atoms with van der Waals surface area (Å²) in [5, 5.41) is 8.39. The van der Waals surface area contributed by atoms with E-state index in [4.69, 9.17) is 16.7 Å². The zero-order valence-electron chi connectivity index (χ0n) is 7.38. The van der Waals surface area contributed by atoms with E-state index >= 15 is 0 Å². The molecule has 70 valence electrons. The molecule has 0 spiro atoms. The van der Waals surface area contributed by atoms with Crippen LogP contribution in [0, 0.1) is 0 Å². The maximum absolute atomic E-state index is 10.2. The normalized spacial score (nSPS) is 12.2. The predicted octanol–water partition coefficient (Wildman–Crippen LogP) is 1.54. The van der Waals surface area contributed by atoms with Crippen LogP contribution in [0.25, 0.3) is 0 Å². The number of carbonyl (C=O) groups is 1. The third-order valence-corrected chi connectivity index (χ3v) is 1.79. The van der Waals surface area contributed by atoms with Crippen LogP contribution in [0.3, 0.4) is 0 Å². The molecular weight excluding hydrogens is 178 g/mol. The van der Waals surface area contributed by atoms with Gasteiger partial charge in [-0.15, -0.1) is 0 Å². The van der Waals surface area contributed by atoms with Gasteiger partial charge in [0.05, 0.1) is 6.42 Å². The lowest BCUT2D eigenvalue weighted by Gasteiger charge is -2.14. The van der Waals surface area contributed by atoms with Crippen molar-refractivity contribution < 1.29 is 9.90 Å². The molecule has 0 rings (SSSR count). The minimum atomic E-state index is -0.769. The smallest absolute Gasteiger partial charge is 0.304 e. The predicted molar refractivity (Wildman–Crippen MR) is 49.4 cm³/mol. The summed E-state index contributed by atoms with van der Waals surface area (Å²) >= 11 is 5.45. The SMILES string of the molecule is CC(=CCl)CN(C)CCC(=O)O. The van der Waals surface area contributed by atoms with Crippen molar-refractivity contribution in [1.82, 2.24) is 4.90 Å². The number of halogens is 1. The van der Waals surface area contributed by atoms with Crippen LogP contribution in [-0.2, 0) is 4.79 Å². The summed E-state index contributed by atoms with van der Waals surface area (Å²) < 4.78 is 0. The van der Waals surface area contributed by atoms with Crippen LogP contribution >= 0.6 is 11.6 Å². The summed E-state index contributed by atoms with van der Waals surface area (Å²) in [5.74, 6) is -0.769. The Hall–Kier alpha value is -0.540. The zero-order valence-corrected chi connectivity index (χ0v) is 8.14. The number of rotatable bonds is 5. The highest BCUT2D eigenvalue weighted by atomic mass is 35.5. The van der Waals surface area contributed by atoms with E-state index in [9.17, 15) is 4.79 Å². The van der Waals surface area contributed by atoms with Gasteiger partial charge >= 0.3 is 5.97 Å². The van der Waals surface area contributed by atoms with Gasteiger partial charge in [-0.1, -0.05) is 11.6 Å². The van der Waals surface area contributed by atoms with Crippen molar-refractivity contribution >= 4 is 17.6 Å². The number of aliphatic carboxylic acids is 1. The Morgan fingerprint density at radius 3 is 2.67 bits per heavy atom. The number of carboxylic acid groups (broad SMARTS) is 1. The monoisotopic (exact) mass is 191 g/mol. The fourth-order valence-electron chi connectivity index (χ4n) is 0.826. The first-order chi connectivity index (χ1) is 5.56. The second-order valence-electron chi connectivity index (χ2n) is 2.84. The van der Waals surface area contributed by atoms with E-state index in [1.807, 2.05) is 18.9 Å². The first-order valence-electron chi connectivity index (χ1n) is 3.72. The van der Waals surface area contributed by atoms with Gasteiger partial charge in [0.25, 0.3) is 0 Å². The van der Waals surface area contributed by atoms with Crippen molar-refractivity contribution in [3.05, 3.63) is 11.1 Å². The third-order valence-electron chi connectivity index (χ3n) is 1.41. The van der Waals surface area contributed by atoms with Crippen LogP contribution in [0.5, 0.6) is 0 Å². The molecule has 0 aromatic heterocycles. The highest BCUT2D eigenvalue weighted by Gasteiger charge is 2.02. The van der Waals surface area contributed by atoms with Gasteiger partial charge in [0, 0.05) is 18.6 Å². The Morgan fingerprint density at radius 2 is 2.25 bits per heavy atom. The largest absolute Gasteiger partial charge is 0.481 e. The maximum atomic E-state index is 10.2. The first kappa shape index (κ1) is 11.5. The van der Waals surface area contributed by atoms with Crippen LogP contribution in [-0.4, -0.2) is 36.1 Å². The van der Waals surface area contributed by atoms with Crippen LogP contribution < -0.4 is 0 Å². The lowest BCUT2D eigenvalue weighted by molar-refractivity contribution is -0.137. The summed E-state index contributed by atoms with van der Waals surface area (Å²) in [5.41, 5.74) is 2.54. The molecule has 0 bridgehead atoms. The molecule has 0 radical (unpaired) electrons. The number of likely N-dealkylation sites (N-methyl/N-ethyl adjacent to an activating group) is 1. The molecule has 0 amide bonds. The van der Waals surface area contributed by atoms with Gasteiger partial charge in [0.15, 0.2) is 0 Å². The van der Waals surface area contributed by atoms with Gasteiger partial charge in [-0.2, -0.15) is 0 Å². The molecule has 0 saturated heterocycles. The van der Waals surface area contributed by atoms with Gasteiger partial charge < -0.3 is 10.0 Å². The summed E-state index contributed by atoms with van der Waals surface area (Å²) in [7, 11) is 1.87. The summed E-state index contributed by atoms with van der Waals surface area (Å²) in [6.45, 7) is 3.18. The zero-order chi connectivity index (χ0) is 9.56. The number of hydrogen-bond donors (Lipinski definition) is 1. The molecule has 0 atom stereocenters. The standard InChI is InChI=1S/C8H14ClNO2/c1-7(5-9)6-10(2)4-3-8(11)12/h5H,3-4,6H2,1-2H3,(H,11,12). The molecule has 0 fully saturated rings. The van der Waals surface area contributed by atoms with E-state index in [1.165, 1.54) is 5.54 Å². The summed E-state index contributed by atoms with van der Waals surface area (Å²) in [6, 6.07) is 0. The molecule has 12 heavy (non-hydrogen) atoms.